The van der Waals surface area contributed by atoms with Crippen LogP contribution in [0.1, 0.15) is 21.5 Å². The third-order valence-corrected chi connectivity index (χ3v) is 4.50. The molecule has 1 N–H and O–H groups in total. The number of nitrogens with one attached hydrogen (secondary N) is 1. The van der Waals surface area contributed by atoms with Crippen molar-refractivity contribution in [2.45, 2.75) is 12.7 Å². The lowest BCUT2D eigenvalue weighted by Gasteiger charge is -2.26. The van der Waals surface area contributed by atoms with E-state index in [9.17, 15) is 22.4 Å². The molecule has 1 aliphatic heterocycles. The van der Waals surface area contributed by atoms with Gasteiger partial charge in [-0.25, -0.2) is 9.37 Å². The molecule has 5 nitrogen and oxygen atoms in total. The van der Waals surface area contributed by atoms with Gasteiger partial charge in [0, 0.05) is 25.8 Å². The minimum atomic E-state index is -4.69. The van der Waals surface area contributed by atoms with Crippen LogP contribution in [0.25, 0.3) is 0 Å². The first-order chi connectivity index (χ1) is 13.3. The van der Waals surface area contributed by atoms with Crippen molar-refractivity contribution in [3.8, 4) is 0 Å². The number of halogens is 5. The molecule has 0 unspecified atom stereocenters. The molecule has 0 aliphatic carbocycles. The summed E-state index contributed by atoms with van der Waals surface area (Å²) in [5.41, 5.74) is -0.953. The van der Waals surface area contributed by atoms with Gasteiger partial charge in [0.1, 0.15) is 11.6 Å². The molecule has 1 aromatic heterocycles. The van der Waals surface area contributed by atoms with Crippen LogP contribution in [-0.4, -0.2) is 42.1 Å². The van der Waals surface area contributed by atoms with Crippen molar-refractivity contribution in [3.05, 3.63) is 58.0 Å². The molecule has 2 heterocycles. The van der Waals surface area contributed by atoms with Crippen LogP contribution in [0, 0.1) is 5.82 Å². The summed E-state index contributed by atoms with van der Waals surface area (Å²) in [4.78, 5) is 18.1. The molecule has 3 rings (SSSR count). The van der Waals surface area contributed by atoms with Crippen LogP contribution >= 0.6 is 11.6 Å². The number of nitrogens with zero attached hydrogens (tertiary/aromatic N) is 2. The van der Waals surface area contributed by atoms with E-state index in [-0.39, 0.29) is 34.4 Å². The Kier molecular flexibility index (Phi) is 6.04. The van der Waals surface area contributed by atoms with Crippen molar-refractivity contribution in [3.63, 3.8) is 0 Å². The van der Waals surface area contributed by atoms with Crippen molar-refractivity contribution in [1.29, 1.82) is 0 Å². The second kappa shape index (κ2) is 8.32. The van der Waals surface area contributed by atoms with Gasteiger partial charge in [0.15, 0.2) is 0 Å². The molecule has 0 radical (unpaired) electrons. The number of hydrogen-bond acceptors (Lipinski definition) is 4. The number of carbonyl (C=O) groups is 1. The first kappa shape index (κ1) is 20.3. The Morgan fingerprint density at radius 3 is 2.61 bits per heavy atom. The van der Waals surface area contributed by atoms with Crippen LogP contribution in [0.5, 0.6) is 0 Å². The molecule has 2 aromatic rings. The minimum absolute atomic E-state index is 0.0924. The van der Waals surface area contributed by atoms with Crippen LogP contribution in [0.15, 0.2) is 30.5 Å². The number of hydrogen-bond donors (Lipinski definition) is 1. The number of alkyl halides is 3. The number of benzene rings is 1. The molecule has 28 heavy (non-hydrogen) atoms. The van der Waals surface area contributed by atoms with E-state index >= 15 is 0 Å². The molecule has 0 bridgehead atoms. The lowest BCUT2D eigenvalue weighted by atomic mass is 10.1. The lowest BCUT2D eigenvalue weighted by Crippen LogP contribution is -2.40. The van der Waals surface area contributed by atoms with Gasteiger partial charge in [-0.2, -0.15) is 13.2 Å². The third kappa shape index (κ3) is 4.71. The number of amides is 1. The maximum atomic E-state index is 13.2. The van der Waals surface area contributed by atoms with Gasteiger partial charge in [-0.05, 0) is 23.8 Å². The summed E-state index contributed by atoms with van der Waals surface area (Å²) < 4.78 is 57.6. The van der Waals surface area contributed by atoms with Crippen LogP contribution < -0.4 is 5.32 Å². The van der Waals surface area contributed by atoms with Crippen molar-refractivity contribution < 1.29 is 27.1 Å². The Labute approximate surface area is 163 Å². The Hall–Kier alpha value is -2.39. The molecule has 0 spiro atoms. The average molecular weight is 418 g/mol. The van der Waals surface area contributed by atoms with Gasteiger partial charge in [0.05, 0.1) is 29.4 Å². The number of pyridine rings is 1. The molecule has 1 aliphatic rings. The maximum Gasteiger partial charge on any atom is 0.416 e. The lowest BCUT2D eigenvalue weighted by molar-refractivity contribution is -0.138. The maximum absolute atomic E-state index is 13.2. The summed E-state index contributed by atoms with van der Waals surface area (Å²) >= 11 is 6.13. The summed E-state index contributed by atoms with van der Waals surface area (Å²) in [6, 6.07) is 3.85. The van der Waals surface area contributed by atoms with E-state index in [1.54, 1.807) is 4.90 Å². The van der Waals surface area contributed by atoms with Crippen LogP contribution in [0.2, 0.25) is 5.02 Å². The molecular weight excluding hydrogens is 402 g/mol. The fraction of sp³-hybridized carbons (Fsp3) is 0.333. The highest BCUT2D eigenvalue weighted by atomic mass is 35.5. The van der Waals surface area contributed by atoms with Gasteiger partial charge in [0.2, 0.25) is 0 Å². The fourth-order valence-electron chi connectivity index (χ4n) is 2.78. The smallest absolute Gasteiger partial charge is 0.378 e. The van der Waals surface area contributed by atoms with E-state index in [2.05, 4.69) is 10.3 Å². The Morgan fingerprint density at radius 1 is 1.25 bits per heavy atom. The summed E-state index contributed by atoms with van der Waals surface area (Å²) in [7, 11) is 0. The molecule has 1 saturated heterocycles. The van der Waals surface area contributed by atoms with Gasteiger partial charge in [-0.1, -0.05) is 17.7 Å². The van der Waals surface area contributed by atoms with Crippen molar-refractivity contribution >= 4 is 23.3 Å². The Morgan fingerprint density at radius 2 is 1.96 bits per heavy atom. The second-order valence-electron chi connectivity index (χ2n) is 6.11. The van der Waals surface area contributed by atoms with Gasteiger partial charge < -0.3 is 15.0 Å². The number of ether oxygens (including phenoxy) is 1. The largest absolute Gasteiger partial charge is 0.416 e. The predicted octanol–water partition coefficient (Wildman–Crippen LogP) is 3.98. The zero-order chi connectivity index (χ0) is 20.3. The zero-order valence-electron chi connectivity index (χ0n) is 14.5. The molecule has 1 amide bonds. The van der Waals surface area contributed by atoms with Crippen molar-refractivity contribution in [2.24, 2.45) is 0 Å². The normalized spacial score (nSPS) is 14.8. The molecule has 1 fully saturated rings. The highest BCUT2D eigenvalue weighted by molar-refractivity contribution is 6.33. The number of anilines is 1. The molecule has 150 valence electrons. The standard InChI is InChI=1S/C18H16ClF4N3O2/c19-15-7-12(17(27)26-3-5-28-6-4-26)10-25-16(15)24-9-11-1-2-13(20)8-14(11)18(21,22)23/h1-2,7-8,10H,3-6,9H2,(H,24,25). The first-order valence-corrected chi connectivity index (χ1v) is 8.75. The van der Waals surface area contributed by atoms with Crippen LogP contribution in [-0.2, 0) is 17.5 Å². The molecule has 10 heteroatoms. The predicted molar refractivity (Wildman–Crippen MR) is 94.7 cm³/mol. The van der Waals surface area contributed by atoms with Gasteiger partial charge in [0.25, 0.3) is 5.91 Å². The van der Waals surface area contributed by atoms with Gasteiger partial charge in [-0.3, -0.25) is 4.79 Å². The summed E-state index contributed by atoms with van der Waals surface area (Å²) in [5, 5.41) is 2.79. The van der Waals surface area contributed by atoms with E-state index in [1.165, 1.54) is 12.3 Å². The molecule has 1 aromatic carbocycles. The second-order valence-corrected chi connectivity index (χ2v) is 6.52. The van der Waals surface area contributed by atoms with E-state index in [0.29, 0.717) is 32.4 Å². The van der Waals surface area contributed by atoms with Gasteiger partial charge in [-0.15, -0.1) is 0 Å². The number of carbonyl (C=O) groups excluding carboxylic acids is 1. The van der Waals surface area contributed by atoms with Crippen molar-refractivity contribution in [1.82, 2.24) is 9.88 Å². The zero-order valence-corrected chi connectivity index (χ0v) is 15.3. The Balaban J connectivity index is 1.73. The van der Waals surface area contributed by atoms with E-state index in [0.717, 1.165) is 12.1 Å². The van der Waals surface area contributed by atoms with Crippen LogP contribution in [0.3, 0.4) is 0 Å². The number of morpholine rings is 1. The Bertz CT molecular complexity index is 870. The summed E-state index contributed by atoms with van der Waals surface area (Å²) in [5.74, 6) is -1.10. The number of aromatic nitrogens is 1. The fourth-order valence-corrected chi connectivity index (χ4v) is 3.01. The minimum Gasteiger partial charge on any atom is -0.378 e. The number of rotatable bonds is 4. The van der Waals surface area contributed by atoms with Crippen LogP contribution in [0.4, 0.5) is 23.4 Å². The van der Waals surface area contributed by atoms with E-state index in [1.807, 2.05) is 0 Å². The van der Waals surface area contributed by atoms with Crippen molar-refractivity contribution in [2.75, 3.05) is 31.6 Å². The molecule has 0 atom stereocenters. The average Bonchev–Trinajstić information content (AvgIpc) is 2.67. The van der Waals surface area contributed by atoms with E-state index in [4.69, 9.17) is 16.3 Å². The highest BCUT2D eigenvalue weighted by Gasteiger charge is 2.33. The summed E-state index contributed by atoms with van der Waals surface area (Å²) in [6.45, 7) is 1.55. The third-order valence-electron chi connectivity index (χ3n) is 4.21. The molecule has 0 saturated carbocycles. The monoisotopic (exact) mass is 417 g/mol. The molecular formula is C18H16ClF4N3O2. The quantitative estimate of drug-likeness (QED) is 0.765. The highest BCUT2D eigenvalue weighted by Crippen LogP contribution is 2.33. The van der Waals surface area contributed by atoms with E-state index < -0.39 is 17.6 Å². The SMILES string of the molecule is O=C(c1cnc(NCc2ccc(F)cc2C(F)(F)F)c(Cl)c1)N1CCOCC1. The van der Waals surface area contributed by atoms with Gasteiger partial charge >= 0.3 is 6.18 Å². The summed E-state index contributed by atoms with van der Waals surface area (Å²) in [6.07, 6.45) is -3.38. The topological polar surface area (TPSA) is 54.5 Å². The first-order valence-electron chi connectivity index (χ1n) is 8.38.